The zero-order chi connectivity index (χ0) is 15.1. The Bertz CT molecular complexity index is 451. The molecule has 0 aliphatic carbocycles. The number of nitrogens with two attached hydrogens (primary N) is 1. The molecule has 1 aromatic carbocycles. The van der Waals surface area contributed by atoms with Crippen molar-refractivity contribution < 1.29 is 4.79 Å². The number of nitrogens with zero attached hydrogens (tertiary/aromatic N) is 1. The molecule has 0 saturated carbocycles. The summed E-state index contributed by atoms with van der Waals surface area (Å²) in [6.45, 7) is 6.12. The molecule has 0 radical (unpaired) electrons. The number of hydrogen-bond acceptors (Lipinski definition) is 3. The normalized spacial score (nSPS) is 12.4. The van der Waals surface area contributed by atoms with Crippen LogP contribution in [0.15, 0.2) is 18.2 Å². The minimum absolute atomic E-state index is 0.0463. The van der Waals surface area contributed by atoms with Gasteiger partial charge in [-0.2, -0.15) is 0 Å². The van der Waals surface area contributed by atoms with Crippen molar-refractivity contribution in [2.75, 3.05) is 31.2 Å². The Morgan fingerprint density at radius 1 is 1.50 bits per heavy atom. The minimum atomic E-state index is -0.0463. The monoisotopic (exact) mass is 297 g/mol. The fourth-order valence-electron chi connectivity index (χ4n) is 1.89. The first-order chi connectivity index (χ1) is 9.42. The average Bonchev–Trinajstić information content (AvgIpc) is 2.40. The van der Waals surface area contributed by atoms with Gasteiger partial charge >= 0.3 is 0 Å². The van der Waals surface area contributed by atoms with Gasteiger partial charge in [0.25, 0.3) is 0 Å². The second kappa shape index (κ2) is 8.12. The fourth-order valence-corrected chi connectivity index (χ4v) is 2.07. The minimum Gasteiger partial charge on any atom is -0.397 e. The number of amides is 1. The lowest BCUT2D eigenvalue weighted by molar-refractivity contribution is -0.116. The van der Waals surface area contributed by atoms with E-state index in [1.165, 1.54) is 0 Å². The summed E-state index contributed by atoms with van der Waals surface area (Å²) in [7, 11) is 2.03. The van der Waals surface area contributed by atoms with E-state index in [-0.39, 0.29) is 5.91 Å². The number of halogens is 1. The van der Waals surface area contributed by atoms with Crippen molar-refractivity contribution in [3.05, 3.63) is 23.2 Å². The summed E-state index contributed by atoms with van der Waals surface area (Å²) in [4.78, 5) is 14.1. The highest BCUT2D eigenvalue weighted by molar-refractivity contribution is 6.31. The third kappa shape index (κ3) is 5.80. The summed E-state index contributed by atoms with van der Waals surface area (Å²) in [6, 6.07) is 5.05. The highest BCUT2D eigenvalue weighted by Gasteiger charge is 2.09. The van der Waals surface area contributed by atoms with E-state index >= 15 is 0 Å². The largest absolute Gasteiger partial charge is 0.397 e. The van der Waals surface area contributed by atoms with Gasteiger partial charge < -0.3 is 16.0 Å². The van der Waals surface area contributed by atoms with Gasteiger partial charge in [-0.1, -0.05) is 31.9 Å². The van der Waals surface area contributed by atoms with E-state index < -0.39 is 0 Å². The molecule has 1 aromatic rings. The maximum absolute atomic E-state index is 11.9. The van der Waals surface area contributed by atoms with Gasteiger partial charge in [-0.3, -0.25) is 4.79 Å². The smallest absolute Gasteiger partial charge is 0.225 e. The molecule has 0 aliphatic heterocycles. The molecule has 0 bridgehead atoms. The number of anilines is 2. The van der Waals surface area contributed by atoms with E-state index in [4.69, 9.17) is 17.3 Å². The van der Waals surface area contributed by atoms with E-state index in [0.717, 1.165) is 19.5 Å². The molecular formula is C15H24ClN3O. The summed E-state index contributed by atoms with van der Waals surface area (Å²) in [5.41, 5.74) is 6.89. The van der Waals surface area contributed by atoms with Crippen LogP contribution in [0.5, 0.6) is 0 Å². The van der Waals surface area contributed by atoms with Crippen molar-refractivity contribution >= 4 is 28.9 Å². The molecule has 0 spiro atoms. The zero-order valence-electron chi connectivity index (χ0n) is 12.4. The molecule has 1 amide bonds. The third-order valence-electron chi connectivity index (χ3n) is 3.33. The summed E-state index contributed by atoms with van der Waals surface area (Å²) >= 11 is 5.89. The van der Waals surface area contributed by atoms with E-state index in [9.17, 15) is 4.79 Å². The molecule has 0 aromatic heterocycles. The standard InChI is InChI=1S/C15H24ClN3O/c1-4-11(2)10-19(3)8-7-15(20)18-14-9-12(16)5-6-13(14)17/h5-6,9,11H,4,7-8,10,17H2,1-3H3,(H,18,20). The third-order valence-corrected chi connectivity index (χ3v) is 3.57. The second-order valence-corrected chi connectivity index (χ2v) is 5.74. The number of benzene rings is 1. The van der Waals surface area contributed by atoms with Crippen LogP contribution < -0.4 is 11.1 Å². The van der Waals surface area contributed by atoms with Crippen molar-refractivity contribution in [2.24, 2.45) is 5.92 Å². The Kier molecular flexibility index (Phi) is 6.82. The Morgan fingerprint density at radius 3 is 2.85 bits per heavy atom. The lowest BCUT2D eigenvalue weighted by atomic mass is 10.1. The van der Waals surface area contributed by atoms with Gasteiger partial charge in [-0.25, -0.2) is 0 Å². The molecule has 0 saturated heterocycles. The summed E-state index contributed by atoms with van der Waals surface area (Å²) in [6.07, 6.45) is 1.59. The topological polar surface area (TPSA) is 58.4 Å². The van der Waals surface area contributed by atoms with Crippen LogP contribution in [0.1, 0.15) is 26.7 Å². The Balaban J connectivity index is 2.42. The summed E-state index contributed by atoms with van der Waals surface area (Å²) < 4.78 is 0. The first-order valence-corrected chi connectivity index (χ1v) is 7.33. The highest BCUT2D eigenvalue weighted by atomic mass is 35.5. The number of hydrogen-bond donors (Lipinski definition) is 2. The number of nitrogens with one attached hydrogen (secondary N) is 1. The maximum Gasteiger partial charge on any atom is 0.225 e. The number of rotatable bonds is 7. The average molecular weight is 298 g/mol. The Hall–Kier alpha value is -1.26. The SMILES string of the molecule is CCC(C)CN(C)CCC(=O)Nc1cc(Cl)ccc1N. The lowest BCUT2D eigenvalue weighted by Crippen LogP contribution is -2.28. The molecule has 4 nitrogen and oxygen atoms in total. The van der Waals surface area contributed by atoms with E-state index in [1.807, 2.05) is 7.05 Å². The predicted molar refractivity (Wildman–Crippen MR) is 86.1 cm³/mol. The van der Waals surface area contributed by atoms with Gasteiger partial charge in [0.05, 0.1) is 11.4 Å². The van der Waals surface area contributed by atoms with Crippen molar-refractivity contribution in [2.45, 2.75) is 26.7 Å². The molecule has 0 fully saturated rings. The van der Waals surface area contributed by atoms with Gasteiger partial charge in [-0.15, -0.1) is 0 Å². The van der Waals surface area contributed by atoms with Crippen molar-refractivity contribution in [3.63, 3.8) is 0 Å². The number of nitrogen functional groups attached to an aromatic ring is 1. The van der Waals surface area contributed by atoms with Gasteiger partial charge in [0.2, 0.25) is 5.91 Å². The van der Waals surface area contributed by atoms with E-state index in [1.54, 1.807) is 18.2 Å². The zero-order valence-corrected chi connectivity index (χ0v) is 13.2. The molecule has 1 unspecified atom stereocenters. The van der Waals surface area contributed by atoms with Crippen LogP contribution in [-0.4, -0.2) is 30.9 Å². The Labute approximate surface area is 126 Å². The Morgan fingerprint density at radius 2 is 2.20 bits per heavy atom. The van der Waals surface area contributed by atoms with Crippen molar-refractivity contribution in [1.29, 1.82) is 0 Å². The quantitative estimate of drug-likeness (QED) is 0.760. The van der Waals surface area contributed by atoms with Crippen LogP contribution in [0, 0.1) is 5.92 Å². The summed E-state index contributed by atoms with van der Waals surface area (Å²) in [5.74, 6) is 0.599. The van der Waals surface area contributed by atoms with Crippen molar-refractivity contribution in [1.82, 2.24) is 4.90 Å². The molecule has 1 rings (SSSR count). The van der Waals surface area contributed by atoms with Crippen LogP contribution in [0.25, 0.3) is 0 Å². The van der Waals surface area contributed by atoms with Crippen LogP contribution in [0.2, 0.25) is 5.02 Å². The highest BCUT2D eigenvalue weighted by Crippen LogP contribution is 2.22. The maximum atomic E-state index is 11.9. The van der Waals surface area contributed by atoms with Crippen LogP contribution in [0.3, 0.4) is 0 Å². The van der Waals surface area contributed by atoms with E-state index in [2.05, 4.69) is 24.1 Å². The molecular weight excluding hydrogens is 274 g/mol. The number of carbonyl (C=O) groups is 1. The molecule has 5 heteroatoms. The van der Waals surface area contributed by atoms with Gasteiger partial charge in [-0.05, 0) is 31.2 Å². The van der Waals surface area contributed by atoms with E-state index in [0.29, 0.717) is 28.7 Å². The van der Waals surface area contributed by atoms with Gasteiger partial charge in [0.1, 0.15) is 0 Å². The first kappa shape index (κ1) is 16.8. The van der Waals surface area contributed by atoms with Crippen LogP contribution in [0.4, 0.5) is 11.4 Å². The first-order valence-electron chi connectivity index (χ1n) is 6.95. The molecule has 3 N–H and O–H groups in total. The van der Waals surface area contributed by atoms with Gasteiger partial charge in [0, 0.05) is 24.5 Å². The molecule has 1 atom stereocenters. The lowest BCUT2D eigenvalue weighted by Gasteiger charge is -2.20. The predicted octanol–water partition coefficient (Wildman–Crippen LogP) is 3.23. The van der Waals surface area contributed by atoms with Crippen LogP contribution in [-0.2, 0) is 4.79 Å². The fraction of sp³-hybridized carbons (Fsp3) is 0.533. The molecule has 20 heavy (non-hydrogen) atoms. The van der Waals surface area contributed by atoms with Gasteiger partial charge in [0.15, 0.2) is 0 Å². The molecule has 0 aliphatic rings. The summed E-state index contributed by atoms with van der Waals surface area (Å²) in [5, 5.41) is 3.36. The van der Waals surface area contributed by atoms with Crippen molar-refractivity contribution in [3.8, 4) is 0 Å². The number of carbonyl (C=O) groups excluding carboxylic acids is 1. The second-order valence-electron chi connectivity index (χ2n) is 5.31. The molecule has 112 valence electrons. The molecule has 0 heterocycles. The van der Waals surface area contributed by atoms with Crippen LogP contribution >= 0.6 is 11.6 Å².